The molecule has 2 saturated carbocycles. The van der Waals surface area contributed by atoms with Gasteiger partial charge in [0.15, 0.2) is 0 Å². The lowest BCUT2D eigenvalue weighted by Crippen LogP contribution is -2.19. The summed E-state index contributed by atoms with van der Waals surface area (Å²) in [4.78, 5) is 2.21. The topological polar surface area (TPSA) is 43.7 Å². The van der Waals surface area contributed by atoms with Crippen molar-refractivity contribution in [1.29, 1.82) is 0 Å². The van der Waals surface area contributed by atoms with Crippen molar-refractivity contribution >= 4 is 11.8 Å². The Balaban J connectivity index is 1.89. The van der Waals surface area contributed by atoms with Gasteiger partial charge in [0.25, 0.3) is 0 Å². The Kier molecular flexibility index (Phi) is 8.76. The summed E-state index contributed by atoms with van der Waals surface area (Å²) in [5.41, 5.74) is 1.54. The predicted octanol–water partition coefficient (Wildman–Crippen LogP) is 3.54. The molecule has 0 radical (unpaired) electrons. The largest absolute Gasteiger partial charge is 0.392 e. The predicted molar refractivity (Wildman–Crippen MR) is 112 cm³/mol. The molecule has 2 fully saturated rings. The molecule has 0 aliphatic heterocycles. The number of nitrogens with zero attached hydrogens (tertiary/aromatic N) is 1. The van der Waals surface area contributed by atoms with Crippen LogP contribution < -0.4 is 0 Å². The van der Waals surface area contributed by atoms with E-state index < -0.39 is 6.10 Å². The molecule has 3 nitrogen and oxygen atoms in total. The van der Waals surface area contributed by atoms with Gasteiger partial charge in [0.2, 0.25) is 0 Å². The Labute approximate surface area is 163 Å². The number of hydrogen-bond acceptors (Lipinski definition) is 4. The van der Waals surface area contributed by atoms with E-state index in [1.165, 1.54) is 0 Å². The van der Waals surface area contributed by atoms with E-state index in [0.29, 0.717) is 18.3 Å². The van der Waals surface area contributed by atoms with Gasteiger partial charge in [-0.25, -0.2) is 0 Å². The van der Waals surface area contributed by atoms with Crippen molar-refractivity contribution in [2.75, 3.05) is 26.4 Å². The molecule has 4 heteroatoms. The quantitative estimate of drug-likeness (QED) is 0.386. The number of aliphatic hydroxyl groups is 2. The molecular formula is C22H35NO2S. The highest BCUT2D eigenvalue weighted by molar-refractivity contribution is 8.02. The second-order valence-corrected chi connectivity index (χ2v) is 9.12. The summed E-state index contributed by atoms with van der Waals surface area (Å²) >= 11 is 1.91. The maximum atomic E-state index is 10.5. The van der Waals surface area contributed by atoms with Crippen LogP contribution in [0.15, 0.2) is 23.1 Å². The van der Waals surface area contributed by atoms with Crippen LogP contribution >= 0.6 is 11.8 Å². The standard InChI is InChI=1S/C22H35NO2S/c1-5-6-7-16(2)21(24)9-8-19-20-13-17(12-18(20)14-22(19)25)15-26-11-10-23(3)4/h8-9,15-16,18-22,24-25H,7,10-14H2,1-4H3/b9-8+,17-15+/t16-,18-,19+,20-,21+,22+/m0/s1. The van der Waals surface area contributed by atoms with Gasteiger partial charge in [-0.2, -0.15) is 0 Å². The zero-order valence-electron chi connectivity index (χ0n) is 16.7. The third-order valence-corrected chi connectivity index (χ3v) is 6.65. The van der Waals surface area contributed by atoms with E-state index in [1.807, 2.05) is 31.7 Å². The number of rotatable bonds is 8. The Morgan fingerprint density at radius 2 is 2.12 bits per heavy atom. The lowest BCUT2D eigenvalue weighted by molar-refractivity contribution is 0.137. The molecule has 0 heterocycles. The smallest absolute Gasteiger partial charge is 0.0755 e. The molecule has 0 aromatic rings. The Morgan fingerprint density at radius 1 is 1.35 bits per heavy atom. The fourth-order valence-electron chi connectivity index (χ4n) is 4.10. The summed E-state index contributed by atoms with van der Waals surface area (Å²) in [6.07, 6.45) is 7.06. The minimum absolute atomic E-state index is 0.125. The molecule has 2 rings (SSSR count). The number of fused-ring (bicyclic) bond motifs is 1. The zero-order valence-corrected chi connectivity index (χ0v) is 17.5. The van der Waals surface area contributed by atoms with Crippen LogP contribution in [0.2, 0.25) is 0 Å². The van der Waals surface area contributed by atoms with E-state index in [1.54, 1.807) is 5.57 Å². The summed E-state index contributed by atoms with van der Waals surface area (Å²) in [6.45, 7) is 4.95. The minimum atomic E-state index is -0.486. The van der Waals surface area contributed by atoms with Crippen molar-refractivity contribution in [2.24, 2.45) is 23.7 Å². The monoisotopic (exact) mass is 377 g/mol. The summed E-state index contributed by atoms with van der Waals surface area (Å²) < 4.78 is 0. The highest BCUT2D eigenvalue weighted by Crippen LogP contribution is 2.50. The first kappa shape index (κ1) is 21.6. The summed E-state index contributed by atoms with van der Waals surface area (Å²) in [7, 11) is 4.21. The SMILES string of the molecule is CC#CC[C@H](C)[C@H](O)/C=C/[C@@H]1[C@H]2C/C(=C/SCCN(C)C)C[C@H]2C[C@H]1O. The van der Waals surface area contributed by atoms with Gasteiger partial charge in [-0.3, -0.25) is 0 Å². The number of aliphatic hydroxyl groups excluding tert-OH is 2. The van der Waals surface area contributed by atoms with Gasteiger partial charge < -0.3 is 15.1 Å². The van der Waals surface area contributed by atoms with E-state index in [4.69, 9.17) is 0 Å². The van der Waals surface area contributed by atoms with Gasteiger partial charge in [0, 0.05) is 24.6 Å². The maximum absolute atomic E-state index is 10.5. The fourth-order valence-corrected chi connectivity index (χ4v) is 5.11. The van der Waals surface area contributed by atoms with Crippen molar-refractivity contribution in [3.8, 4) is 11.8 Å². The lowest BCUT2D eigenvalue weighted by atomic mass is 9.89. The van der Waals surface area contributed by atoms with Crippen LogP contribution in [0.5, 0.6) is 0 Å². The molecule has 0 aromatic carbocycles. The van der Waals surface area contributed by atoms with Crippen LogP contribution in [0.25, 0.3) is 0 Å². The minimum Gasteiger partial charge on any atom is -0.392 e. The molecule has 6 atom stereocenters. The van der Waals surface area contributed by atoms with E-state index in [-0.39, 0.29) is 17.9 Å². The number of allylic oxidation sites excluding steroid dienone is 1. The normalized spacial score (nSPS) is 32.0. The van der Waals surface area contributed by atoms with Gasteiger partial charge in [0.05, 0.1) is 12.2 Å². The van der Waals surface area contributed by atoms with Crippen molar-refractivity contribution in [1.82, 2.24) is 4.90 Å². The van der Waals surface area contributed by atoms with Gasteiger partial charge in [-0.15, -0.1) is 23.6 Å². The van der Waals surface area contributed by atoms with Crippen LogP contribution in [0, 0.1) is 35.5 Å². The molecule has 0 unspecified atom stereocenters. The van der Waals surface area contributed by atoms with Gasteiger partial charge in [-0.1, -0.05) is 24.6 Å². The Hall–Kier alpha value is -0.730. The Bertz CT molecular complexity index is 560. The summed E-state index contributed by atoms with van der Waals surface area (Å²) in [5, 5.41) is 23.1. The van der Waals surface area contributed by atoms with Crippen molar-refractivity contribution in [3.63, 3.8) is 0 Å². The maximum Gasteiger partial charge on any atom is 0.0755 e. The van der Waals surface area contributed by atoms with E-state index in [0.717, 1.165) is 31.6 Å². The highest BCUT2D eigenvalue weighted by Gasteiger charge is 2.45. The van der Waals surface area contributed by atoms with E-state index in [2.05, 4.69) is 42.3 Å². The fraction of sp³-hybridized carbons (Fsp3) is 0.727. The van der Waals surface area contributed by atoms with Gasteiger partial charge >= 0.3 is 0 Å². The summed E-state index contributed by atoms with van der Waals surface area (Å²) in [5.74, 6) is 8.47. The van der Waals surface area contributed by atoms with Crippen LogP contribution in [-0.4, -0.2) is 53.7 Å². The summed E-state index contributed by atoms with van der Waals surface area (Å²) in [6, 6.07) is 0. The van der Waals surface area contributed by atoms with E-state index in [9.17, 15) is 10.2 Å². The number of hydrogen-bond donors (Lipinski definition) is 2. The van der Waals surface area contributed by atoms with Gasteiger partial charge in [-0.05, 0) is 63.4 Å². The number of thioether (sulfide) groups is 1. The average Bonchev–Trinajstić information content (AvgIpc) is 3.10. The zero-order chi connectivity index (χ0) is 19.1. The first-order valence-corrected chi connectivity index (χ1v) is 10.9. The van der Waals surface area contributed by atoms with Crippen LogP contribution in [0.4, 0.5) is 0 Å². The molecule has 0 bridgehead atoms. The molecule has 0 aromatic heterocycles. The average molecular weight is 378 g/mol. The third-order valence-electron chi connectivity index (χ3n) is 5.73. The molecule has 0 spiro atoms. The lowest BCUT2D eigenvalue weighted by Gasteiger charge is -2.19. The van der Waals surface area contributed by atoms with Crippen molar-refractivity contribution in [3.05, 3.63) is 23.1 Å². The highest BCUT2D eigenvalue weighted by atomic mass is 32.2. The van der Waals surface area contributed by atoms with Crippen LogP contribution in [0.1, 0.15) is 39.5 Å². The molecule has 0 saturated heterocycles. The van der Waals surface area contributed by atoms with E-state index >= 15 is 0 Å². The molecule has 26 heavy (non-hydrogen) atoms. The van der Waals surface area contributed by atoms with Gasteiger partial charge in [0.1, 0.15) is 0 Å². The first-order valence-electron chi connectivity index (χ1n) is 9.80. The third kappa shape index (κ3) is 6.16. The molecule has 2 N–H and O–H groups in total. The molecule has 2 aliphatic rings. The molecule has 146 valence electrons. The first-order chi connectivity index (χ1) is 12.4. The molecule has 0 amide bonds. The second-order valence-electron chi connectivity index (χ2n) is 8.15. The van der Waals surface area contributed by atoms with Crippen molar-refractivity contribution in [2.45, 2.75) is 51.7 Å². The molecular weight excluding hydrogens is 342 g/mol. The second kappa shape index (κ2) is 10.6. The van der Waals surface area contributed by atoms with Crippen LogP contribution in [0.3, 0.4) is 0 Å². The Morgan fingerprint density at radius 3 is 2.81 bits per heavy atom. The van der Waals surface area contributed by atoms with Crippen LogP contribution in [-0.2, 0) is 0 Å². The van der Waals surface area contributed by atoms with Crippen molar-refractivity contribution < 1.29 is 10.2 Å². The molecule has 2 aliphatic carbocycles.